The molecule has 3 heterocycles. The Balaban J connectivity index is 1.31. The summed E-state index contributed by atoms with van der Waals surface area (Å²) in [4.78, 5) is 27.6. The maximum atomic E-state index is 12.4. The molecule has 1 aromatic heterocycles. The first kappa shape index (κ1) is 21.4. The molecule has 0 unspecified atom stereocenters. The average molecular weight is 427 g/mol. The summed E-state index contributed by atoms with van der Waals surface area (Å²) in [5.74, 6) is 2.23. The average Bonchev–Trinajstić information content (AvgIpc) is 3.26. The van der Waals surface area contributed by atoms with E-state index in [1.54, 1.807) is 23.1 Å². The van der Waals surface area contributed by atoms with Crippen molar-refractivity contribution in [2.75, 3.05) is 78.4 Å². The van der Waals surface area contributed by atoms with Gasteiger partial charge in [0.2, 0.25) is 5.91 Å². The van der Waals surface area contributed by atoms with E-state index in [9.17, 15) is 4.79 Å². The highest BCUT2D eigenvalue weighted by Gasteiger charge is 2.24. The van der Waals surface area contributed by atoms with E-state index in [2.05, 4.69) is 25.1 Å². The number of carbonyl (C=O) groups excluding carboxylic acids is 1. The van der Waals surface area contributed by atoms with Crippen molar-refractivity contribution >= 4 is 35.0 Å². The molecule has 0 aromatic carbocycles. The summed E-state index contributed by atoms with van der Waals surface area (Å²) in [6.45, 7) is 7.72. The number of morpholine rings is 1. The number of aliphatic imine (C=N–C) groups is 1. The van der Waals surface area contributed by atoms with Crippen LogP contribution in [0.4, 0.5) is 0 Å². The van der Waals surface area contributed by atoms with Gasteiger partial charge in [0, 0.05) is 70.2 Å². The Labute approximate surface area is 175 Å². The number of nitrogens with one attached hydrogen (secondary N) is 1. The van der Waals surface area contributed by atoms with Crippen LogP contribution in [-0.2, 0) is 9.53 Å². The Morgan fingerprint density at radius 2 is 2.04 bits per heavy atom. The largest absolute Gasteiger partial charge is 0.378 e. The van der Waals surface area contributed by atoms with Crippen LogP contribution in [0.15, 0.2) is 20.9 Å². The minimum Gasteiger partial charge on any atom is -0.378 e. The lowest BCUT2D eigenvalue weighted by Crippen LogP contribution is -2.55. The van der Waals surface area contributed by atoms with Gasteiger partial charge in [-0.05, 0) is 6.42 Å². The van der Waals surface area contributed by atoms with Crippen molar-refractivity contribution < 1.29 is 9.53 Å². The van der Waals surface area contributed by atoms with Gasteiger partial charge in [0.05, 0.1) is 19.8 Å². The van der Waals surface area contributed by atoms with Crippen molar-refractivity contribution in [1.82, 2.24) is 25.0 Å². The summed E-state index contributed by atoms with van der Waals surface area (Å²) in [6, 6.07) is 0. The van der Waals surface area contributed by atoms with Gasteiger partial charge >= 0.3 is 0 Å². The van der Waals surface area contributed by atoms with Crippen LogP contribution in [0, 0.1) is 0 Å². The molecule has 0 spiro atoms. The molecule has 0 bridgehead atoms. The number of rotatable bonds is 7. The second-order valence-electron chi connectivity index (χ2n) is 6.73. The van der Waals surface area contributed by atoms with Gasteiger partial charge in [0.1, 0.15) is 4.34 Å². The molecule has 1 amide bonds. The van der Waals surface area contributed by atoms with E-state index in [1.807, 2.05) is 23.5 Å². The van der Waals surface area contributed by atoms with Crippen LogP contribution in [0.2, 0.25) is 0 Å². The van der Waals surface area contributed by atoms with Crippen molar-refractivity contribution in [3.05, 3.63) is 11.6 Å². The first-order valence-corrected chi connectivity index (χ1v) is 11.7. The fraction of sp³-hybridized carbons (Fsp3) is 0.722. The molecule has 8 nitrogen and oxygen atoms in total. The number of carbonyl (C=O) groups is 1. The lowest BCUT2D eigenvalue weighted by molar-refractivity contribution is -0.136. The van der Waals surface area contributed by atoms with Gasteiger partial charge in [0.25, 0.3) is 0 Å². The lowest BCUT2D eigenvalue weighted by Gasteiger charge is -2.37. The maximum absolute atomic E-state index is 12.4. The molecule has 1 aromatic rings. The first-order valence-electron chi connectivity index (χ1n) is 9.82. The van der Waals surface area contributed by atoms with E-state index in [1.165, 1.54) is 0 Å². The Kier molecular flexibility index (Phi) is 8.84. The molecular weight excluding hydrogens is 396 g/mol. The highest BCUT2D eigenvalue weighted by Crippen LogP contribution is 2.20. The molecule has 2 fully saturated rings. The molecule has 0 saturated carbocycles. The van der Waals surface area contributed by atoms with Crippen LogP contribution >= 0.6 is 23.1 Å². The minimum atomic E-state index is 0.219. The number of aromatic nitrogens is 1. The number of thioether (sulfide) groups is 1. The summed E-state index contributed by atoms with van der Waals surface area (Å²) in [7, 11) is 1.83. The van der Waals surface area contributed by atoms with Gasteiger partial charge in [-0.1, -0.05) is 11.8 Å². The number of nitrogens with zero attached hydrogens (tertiary/aromatic N) is 5. The summed E-state index contributed by atoms with van der Waals surface area (Å²) < 4.78 is 6.45. The van der Waals surface area contributed by atoms with E-state index in [0.29, 0.717) is 19.8 Å². The summed E-state index contributed by atoms with van der Waals surface area (Å²) >= 11 is 3.49. The zero-order chi connectivity index (χ0) is 19.6. The number of thiazole rings is 1. The molecule has 3 rings (SSSR count). The zero-order valence-electron chi connectivity index (χ0n) is 16.5. The van der Waals surface area contributed by atoms with Crippen LogP contribution in [0.5, 0.6) is 0 Å². The highest BCUT2D eigenvalue weighted by atomic mass is 32.2. The Morgan fingerprint density at radius 3 is 2.71 bits per heavy atom. The normalized spacial score (nSPS) is 19.1. The number of piperazine rings is 1. The second kappa shape index (κ2) is 11.6. The standard InChI is InChI=1S/C18H30N6O2S2/c1-19-17(20-3-2-13-27-18-21-4-14-28-18)24-7-5-22(6-8-24)15-16(25)23-9-11-26-12-10-23/h4,14H,2-3,5-13,15H2,1H3,(H,19,20). The third-order valence-corrected chi connectivity index (χ3v) is 6.90. The monoisotopic (exact) mass is 426 g/mol. The summed E-state index contributed by atoms with van der Waals surface area (Å²) in [5.41, 5.74) is 0. The van der Waals surface area contributed by atoms with E-state index in [4.69, 9.17) is 4.74 Å². The van der Waals surface area contributed by atoms with Gasteiger partial charge in [-0.25, -0.2) is 4.98 Å². The molecule has 1 N–H and O–H groups in total. The summed E-state index contributed by atoms with van der Waals surface area (Å²) in [6.07, 6.45) is 2.92. The van der Waals surface area contributed by atoms with E-state index in [0.717, 1.165) is 68.3 Å². The van der Waals surface area contributed by atoms with Gasteiger partial charge in [-0.15, -0.1) is 11.3 Å². The molecule has 0 radical (unpaired) electrons. The fourth-order valence-corrected chi connectivity index (χ4v) is 4.91. The number of hydrogen-bond donors (Lipinski definition) is 1. The molecular formula is C18H30N6O2S2. The predicted molar refractivity (Wildman–Crippen MR) is 114 cm³/mol. The van der Waals surface area contributed by atoms with Gasteiger partial charge < -0.3 is 19.9 Å². The van der Waals surface area contributed by atoms with E-state index in [-0.39, 0.29) is 5.91 Å². The Morgan fingerprint density at radius 1 is 1.25 bits per heavy atom. The molecule has 2 aliphatic heterocycles. The molecule has 2 aliphatic rings. The van der Waals surface area contributed by atoms with Crippen molar-refractivity contribution in [2.24, 2.45) is 4.99 Å². The third-order valence-electron chi connectivity index (χ3n) is 4.85. The van der Waals surface area contributed by atoms with Crippen LogP contribution in [-0.4, -0.2) is 110 Å². The molecule has 10 heteroatoms. The van der Waals surface area contributed by atoms with Crippen LogP contribution in [0.25, 0.3) is 0 Å². The van der Waals surface area contributed by atoms with Crippen LogP contribution in [0.3, 0.4) is 0 Å². The van der Waals surface area contributed by atoms with Gasteiger partial charge in [0.15, 0.2) is 5.96 Å². The zero-order valence-corrected chi connectivity index (χ0v) is 18.1. The third kappa shape index (κ3) is 6.61. The van der Waals surface area contributed by atoms with Crippen molar-refractivity contribution in [2.45, 2.75) is 10.8 Å². The summed E-state index contributed by atoms with van der Waals surface area (Å²) in [5, 5.41) is 5.48. The van der Waals surface area contributed by atoms with Gasteiger partial charge in [-0.3, -0.25) is 14.7 Å². The van der Waals surface area contributed by atoms with Crippen LogP contribution in [0.1, 0.15) is 6.42 Å². The van der Waals surface area contributed by atoms with Crippen LogP contribution < -0.4 is 5.32 Å². The Bertz CT molecular complexity index is 614. The predicted octanol–water partition coefficient (Wildman–Crippen LogP) is 0.677. The minimum absolute atomic E-state index is 0.219. The highest BCUT2D eigenvalue weighted by molar-refractivity contribution is 8.00. The second-order valence-corrected chi connectivity index (χ2v) is 8.97. The van der Waals surface area contributed by atoms with Crippen molar-refractivity contribution in [3.8, 4) is 0 Å². The number of hydrogen-bond acceptors (Lipinski definition) is 7. The van der Waals surface area contributed by atoms with Crippen molar-refractivity contribution in [3.63, 3.8) is 0 Å². The lowest BCUT2D eigenvalue weighted by atomic mass is 10.3. The first-order chi connectivity index (χ1) is 13.8. The molecule has 156 valence electrons. The smallest absolute Gasteiger partial charge is 0.236 e. The maximum Gasteiger partial charge on any atom is 0.236 e. The van der Waals surface area contributed by atoms with Gasteiger partial charge in [-0.2, -0.15) is 0 Å². The fourth-order valence-electron chi connectivity index (χ4n) is 3.27. The van der Waals surface area contributed by atoms with E-state index >= 15 is 0 Å². The molecule has 2 saturated heterocycles. The molecule has 0 atom stereocenters. The number of guanidine groups is 1. The SMILES string of the molecule is CN=C(NCCCSc1nccs1)N1CCN(CC(=O)N2CCOCC2)CC1. The van der Waals surface area contributed by atoms with E-state index < -0.39 is 0 Å². The van der Waals surface area contributed by atoms with Crippen molar-refractivity contribution in [1.29, 1.82) is 0 Å². The molecule has 28 heavy (non-hydrogen) atoms. The molecule has 0 aliphatic carbocycles. The topological polar surface area (TPSA) is 73.3 Å². The number of ether oxygens (including phenoxy) is 1. The Hall–Kier alpha value is -1.36. The quantitative estimate of drug-likeness (QED) is 0.297. The number of amides is 1.